The number of ether oxygens (including phenoxy) is 2. The van der Waals surface area contributed by atoms with Crippen LogP contribution in [0.1, 0.15) is 42.9 Å². The van der Waals surface area contributed by atoms with Crippen LogP contribution in [0.3, 0.4) is 0 Å². The number of carbonyl (C=O) groups excluding carboxylic acids is 1. The molecule has 2 N–H and O–H groups in total. The second-order valence-electron chi connectivity index (χ2n) is 7.78. The summed E-state index contributed by atoms with van der Waals surface area (Å²) < 4.78 is 11.5. The highest BCUT2D eigenvalue weighted by Crippen LogP contribution is 2.34. The Hall–Kier alpha value is -1.43. The van der Waals surface area contributed by atoms with Crippen molar-refractivity contribution in [2.45, 2.75) is 38.7 Å². The number of benzene rings is 1. The molecule has 0 spiro atoms. The Morgan fingerprint density at radius 2 is 2.04 bits per heavy atom. The van der Waals surface area contributed by atoms with Crippen molar-refractivity contribution in [2.75, 3.05) is 40.0 Å². The molecule has 2 heterocycles. The van der Waals surface area contributed by atoms with Crippen LogP contribution in [0.2, 0.25) is 0 Å². The van der Waals surface area contributed by atoms with Crippen LogP contribution >= 0.6 is 0 Å². The first-order valence-corrected chi connectivity index (χ1v) is 9.81. The van der Waals surface area contributed by atoms with E-state index in [0.29, 0.717) is 19.1 Å². The second kappa shape index (κ2) is 8.98. The number of aryl methyl sites for hydroxylation is 1. The first-order valence-electron chi connectivity index (χ1n) is 9.81. The van der Waals surface area contributed by atoms with Crippen LogP contribution < -0.4 is 10.6 Å². The minimum atomic E-state index is -0.394. The van der Waals surface area contributed by atoms with Gasteiger partial charge in [0.1, 0.15) is 0 Å². The molecule has 2 aliphatic rings. The van der Waals surface area contributed by atoms with Gasteiger partial charge in [0, 0.05) is 26.2 Å². The lowest BCUT2D eigenvalue weighted by atomic mass is 9.78. The third kappa shape index (κ3) is 4.45. The van der Waals surface area contributed by atoms with Crippen molar-refractivity contribution in [2.24, 2.45) is 11.3 Å². The summed E-state index contributed by atoms with van der Waals surface area (Å²) in [6.07, 6.45) is 3.86. The highest BCUT2D eigenvalue weighted by Gasteiger charge is 2.40. The molecule has 1 amide bonds. The van der Waals surface area contributed by atoms with E-state index in [9.17, 15) is 4.79 Å². The molecule has 2 aliphatic heterocycles. The summed E-state index contributed by atoms with van der Waals surface area (Å²) in [6, 6.07) is 8.57. The average Bonchev–Trinajstić information content (AvgIpc) is 2.68. The van der Waals surface area contributed by atoms with Gasteiger partial charge in [0.25, 0.3) is 0 Å². The van der Waals surface area contributed by atoms with Gasteiger partial charge in [-0.25, -0.2) is 0 Å². The number of piperidine rings is 1. The second-order valence-corrected chi connectivity index (χ2v) is 7.78. The monoisotopic (exact) mass is 360 g/mol. The zero-order chi connectivity index (χ0) is 18.4. The average molecular weight is 360 g/mol. The molecule has 1 aromatic rings. The summed E-state index contributed by atoms with van der Waals surface area (Å²) in [5, 5.41) is 6.57. The third-order valence-corrected chi connectivity index (χ3v) is 5.84. The van der Waals surface area contributed by atoms with Crippen molar-refractivity contribution in [1.29, 1.82) is 0 Å². The molecule has 0 saturated carbocycles. The number of amides is 1. The fourth-order valence-electron chi connectivity index (χ4n) is 4.21. The Balaban J connectivity index is 1.64. The van der Waals surface area contributed by atoms with Crippen molar-refractivity contribution in [1.82, 2.24) is 10.6 Å². The van der Waals surface area contributed by atoms with Crippen molar-refractivity contribution >= 4 is 5.91 Å². The minimum absolute atomic E-state index is 0.0658. The Labute approximate surface area is 156 Å². The molecule has 0 radical (unpaired) electrons. The molecule has 0 bridgehead atoms. The van der Waals surface area contributed by atoms with E-state index in [0.717, 1.165) is 45.4 Å². The largest absolute Gasteiger partial charge is 0.384 e. The predicted octanol–water partition coefficient (Wildman–Crippen LogP) is 2.60. The Morgan fingerprint density at radius 1 is 1.31 bits per heavy atom. The molecule has 144 valence electrons. The zero-order valence-electron chi connectivity index (χ0n) is 16.1. The van der Waals surface area contributed by atoms with Crippen LogP contribution in [0, 0.1) is 18.3 Å². The van der Waals surface area contributed by atoms with Crippen LogP contribution in [0.25, 0.3) is 0 Å². The van der Waals surface area contributed by atoms with Gasteiger partial charge in [0.2, 0.25) is 5.91 Å². The third-order valence-electron chi connectivity index (χ3n) is 5.84. The molecule has 2 saturated heterocycles. The fraction of sp³-hybridized carbons (Fsp3) is 0.667. The maximum Gasteiger partial charge on any atom is 0.228 e. The standard InChI is InChI=1S/C21H32N2O3/c1-16-5-7-17(8-6-16)19-18(4-3-13-26-19)14-23-20(24)21(15-25-2)9-11-22-12-10-21/h5-8,18-19,22H,3-4,9-15H2,1-2H3,(H,23,24). The van der Waals surface area contributed by atoms with Crippen molar-refractivity contribution in [3.8, 4) is 0 Å². The normalized spacial score (nSPS) is 25.6. The molecule has 0 aromatic heterocycles. The van der Waals surface area contributed by atoms with Gasteiger partial charge >= 0.3 is 0 Å². The molecule has 2 fully saturated rings. The Kier molecular flexibility index (Phi) is 6.68. The highest BCUT2D eigenvalue weighted by molar-refractivity contribution is 5.83. The Morgan fingerprint density at radius 3 is 2.73 bits per heavy atom. The lowest BCUT2D eigenvalue weighted by Gasteiger charge is -2.37. The molecule has 2 atom stereocenters. The summed E-state index contributed by atoms with van der Waals surface area (Å²) in [4.78, 5) is 13.0. The molecule has 2 unspecified atom stereocenters. The molecular formula is C21H32N2O3. The van der Waals surface area contributed by atoms with Crippen LogP contribution in [0.4, 0.5) is 0 Å². The minimum Gasteiger partial charge on any atom is -0.384 e. The van der Waals surface area contributed by atoms with Crippen LogP contribution in [-0.2, 0) is 14.3 Å². The summed E-state index contributed by atoms with van der Waals surface area (Å²) in [6.45, 7) is 5.78. The van der Waals surface area contributed by atoms with Gasteiger partial charge < -0.3 is 20.1 Å². The van der Waals surface area contributed by atoms with Gasteiger partial charge in [-0.05, 0) is 51.3 Å². The molecule has 0 aliphatic carbocycles. The molecule has 3 rings (SSSR count). The zero-order valence-corrected chi connectivity index (χ0v) is 16.1. The van der Waals surface area contributed by atoms with E-state index in [4.69, 9.17) is 9.47 Å². The summed E-state index contributed by atoms with van der Waals surface area (Å²) >= 11 is 0. The maximum absolute atomic E-state index is 13.0. The lowest BCUT2D eigenvalue weighted by molar-refractivity contribution is -0.137. The quantitative estimate of drug-likeness (QED) is 0.819. The predicted molar refractivity (Wildman–Crippen MR) is 102 cm³/mol. The number of rotatable bonds is 6. The van der Waals surface area contributed by atoms with E-state index in [1.165, 1.54) is 11.1 Å². The number of hydrogen-bond donors (Lipinski definition) is 2. The first kappa shape index (κ1) is 19.3. The van der Waals surface area contributed by atoms with Crippen molar-refractivity contribution < 1.29 is 14.3 Å². The number of nitrogens with one attached hydrogen (secondary N) is 2. The van der Waals surface area contributed by atoms with Gasteiger partial charge in [-0.1, -0.05) is 29.8 Å². The van der Waals surface area contributed by atoms with Crippen molar-refractivity contribution in [3.05, 3.63) is 35.4 Å². The van der Waals surface area contributed by atoms with E-state index in [1.54, 1.807) is 7.11 Å². The smallest absolute Gasteiger partial charge is 0.228 e. The number of hydrogen-bond acceptors (Lipinski definition) is 4. The molecule has 5 nitrogen and oxygen atoms in total. The molecule has 26 heavy (non-hydrogen) atoms. The lowest BCUT2D eigenvalue weighted by Crippen LogP contribution is -2.51. The summed E-state index contributed by atoms with van der Waals surface area (Å²) in [5.74, 6) is 0.450. The van der Waals surface area contributed by atoms with E-state index in [-0.39, 0.29) is 12.0 Å². The summed E-state index contributed by atoms with van der Waals surface area (Å²) in [7, 11) is 1.68. The maximum atomic E-state index is 13.0. The molecular weight excluding hydrogens is 328 g/mol. The van der Waals surface area contributed by atoms with Crippen LogP contribution in [-0.4, -0.2) is 45.9 Å². The van der Waals surface area contributed by atoms with E-state index in [2.05, 4.69) is 41.8 Å². The van der Waals surface area contributed by atoms with Gasteiger partial charge in [-0.2, -0.15) is 0 Å². The van der Waals surface area contributed by atoms with Gasteiger partial charge in [-0.15, -0.1) is 0 Å². The number of carbonyl (C=O) groups is 1. The van der Waals surface area contributed by atoms with Gasteiger partial charge in [-0.3, -0.25) is 4.79 Å². The van der Waals surface area contributed by atoms with E-state index >= 15 is 0 Å². The van der Waals surface area contributed by atoms with Crippen LogP contribution in [0.5, 0.6) is 0 Å². The highest BCUT2D eigenvalue weighted by atomic mass is 16.5. The summed E-state index contributed by atoms with van der Waals surface area (Å²) in [5.41, 5.74) is 2.07. The molecule has 5 heteroatoms. The SMILES string of the molecule is COCC1(C(=O)NCC2CCCOC2c2ccc(C)cc2)CCNCC1. The van der Waals surface area contributed by atoms with Crippen LogP contribution in [0.15, 0.2) is 24.3 Å². The first-order chi connectivity index (χ1) is 12.6. The van der Waals surface area contributed by atoms with E-state index < -0.39 is 5.41 Å². The van der Waals surface area contributed by atoms with E-state index in [1.807, 2.05) is 0 Å². The fourth-order valence-corrected chi connectivity index (χ4v) is 4.21. The molecule has 1 aromatic carbocycles. The topological polar surface area (TPSA) is 59.6 Å². The van der Waals surface area contributed by atoms with Gasteiger partial charge in [0.15, 0.2) is 0 Å². The van der Waals surface area contributed by atoms with Gasteiger partial charge in [0.05, 0.1) is 18.1 Å². The van der Waals surface area contributed by atoms with Crippen molar-refractivity contribution in [3.63, 3.8) is 0 Å². The Bertz CT molecular complexity index is 576. The number of methoxy groups -OCH3 is 1.